The number of amides is 2. The van der Waals surface area contributed by atoms with Crippen molar-refractivity contribution in [3.8, 4) is 11.1 Å². The minimum Gasteiger partial charge on any atom is -0.354 e. The molecular weight excluding hydrogens is 482 g/mol. The number of urea groups is 1. The molecule has 0 atom stereocenters. The van der Waals surface area contributed by atoms with Crippen molar-refractivity contribution in [3.05, 3.63) is 71.9 Å². The smallest absolute Gasteiger partial charge is 0.331 e. The Balaban J connectivity index is 1.34. The molecule has 0 spiro atoms. The second kappa shape index (κ2) is 9.63. The second-order valence-electron chi connectivity index (χ2n) is 8.44. The SMILES string of the molecule is Cc1ccc(S(=O)(=O)NC(=O)N2CCCN(c3ncnc4scc(-c5ccccc5)c34)CC2)cc1. The van der Waals surface area contributed by atoms with Crippen LogP contribution in [-0.2, 0) is 10.0 Å². The number of anilines is 1. The molecule has 0 radical (unpaired) electrons. The molecule has 180 valence electrons. The highest BCUT2D eigenvalue weighted by atomic mass is 32.2. The van der Waals surface area contributed by atoms with Gasteiger partial charge in [-0.2, -0.15) is 0 Å². The Morgan fingerprint density at radius 2 is 1.74 bits per heavy atom. The number of fused-ring (bicyclic) bond motifs is 1. The molecule has 3 heterocycles. The van der Waals surface area contributed by atoms with Crippen molar-refractivity contribution in [3.63, 3.8) is 0 Å². The van der Waals surface area contributed by atoms with Gasteiger partial charge in [-0.25, -0.2) is 27.9 Å². The second-order valence-corrected chi connectivity index (χ2v) is 11.0. The van der Waals surface area contributed by atoms with Gasteiger partial charge in [-0.3, -0.25) is 0 Å². The predicted octanol–water partition coefficient (Wildman–Crippen LogP) is 4.28. The Morgan fingerprint density at radius 3 is 2.51 bits per heavy atom. The number of rotatable bonds is 4. The lowest BCUT2D eigenvalue weighted by atomic mass is 10.1. The number of aromatic nitrogens is 2. The Labute approximate surface area is 208 Å². The quantitative estimate of drug-likeness (QED) is 0.443. The van der Waals surface area contributed by atoms with Crippen LogP contribution in [0.4, 0.5) is 10.6 Å². The molecule has 1 saturated heterocycles. The summed E-state index contributed by atoms with van der Waals surface area (Å²) in [4.78, 5) is 26.6. The molecule has 0 unspecified atom stereocenters. The van der Waals surface area contributed by atoms with Crippen LogP contribution < -0.4 is 9.62 Å². The van der Waals surface area contributed by atoms with E-state index >= 15 is 0 Å². The molecule has 1 aliphatic heterocycles. The van der Waals surface area contributed by atoms with Crippen LogP contribution in [0, 0.1) is 6.92 Å². The van der Waals surface area contributed by atoms with Crippen LogP contribution in [0.25, 0.3) is 21.3 Å². The molecule has 2 amide bonds. The van der Waals surface area contributed by atoms with Crippen LogP contribution in [0.1, 0.15) is 12.0 Å². The molecule has 10 heteroatoms. The molecule has 8 nitrogen and oxygen atoms in total. The van der Waals surface area contributed by atoms with Gasteiger partial charge in [0.25, 0.3) is 10.0 Å². The topological polar surface area (TPSA) is 95.5 Å². The van der Waals surface area contributed by atoms with E-state index in [0.717, 1.165) is 32.7 Å². The third kappa shape index (κ3) is 4.85. The van der Waals surface area contributed by atoms with E-state index in [2.05, 4.69) is 37.1 Å². The van der Waals surface area contributed by atoms with Gasteiger partial charge in [-0.1, -0.05) is 48.0 Å². The molecule has 2 aromatic heterocycles. The number of carbonyl (C=O) groups is 1. The maximum Gasteiger partial charge on any atom is 0.331 e. The lowest BCUT2D eigenvalue weighted by Gasteiger charge is -2.23. The van der Waals surface area contributed by atoms with Crippen LogP contribution in [0.3, 0.4) is 0 Å². The summed E-state index contributed by atoms with van der Waals surface area (Å²) in [5, 5.41) is 3.11. The van der Waals surface area contributed by atoms with E-state index in [1.54, 1.807) is 34.7 Å². The molecule has 1 fully saturated rings. The number of nitrogens with zero attached hydrogens (tertiary/aromatic N) is 4. The van der Waals surface area contributed by atoms with Crippen LogP contribution in [0.15, 0.2) is 71.2 Å². The molecule has 35 heavy (non-hydrogen) atoms. The highest BCUT2D eigenvalue weighted by molar-refractivity contribution is 7.90. The van der Waals surface area contributed by atoms with Gasteiger partial charge in [0.2, 0.25) is 0 Å². The fourth-order valence-electron chi connectivity index (χ4n) is 4.22. The van der Waals surface area contributed by atoms with Crippen LogP contribution in [0.5, 0.6) is 0 Å². The van der Waals surface area contributed by atoms with E-state index in [1.807, 2.05) is 25.1 Å². The number of hydrogen-bond acceptors (Lipinski definition) is 7. The summed E-state index contributed by atoms with van der Waals surface area (Å²) in [6.45, 7) is 3.95. The molecule has 0 aliphatic carbocycles. The standard InChI is InChI=1S/C25H25N5O3S2/c1-18-8-10-20(11-9-18)35(32,33)28-25(31)30-13-5-12-29(14-15-30)23-22-21(19-6-3-2-4-7-19)16-34-24(22)27-17-26-23/h2-4,6-11,16-17H,5,12-15H2,1H3,(H,28,31). The van der Waals surface area contributed by atoms with Crippen molar-refractivity contribution in [2.75, 3.05) is 31.1 Å². The number of benzene rings is 2. The predicted molar refractivity (Wildman–Crippen MR) is 138 cm³/mol. The molecular formula is C25H25N5O3S2. The van der Waals surface area contributed by atoms with E-state index in [1.165, 1.54) is 12.1 Å². The number of sulfonamides is 1. The maximum atomic E-state index is 12.9. The van der Waals surface area contributed by atoms with Crippen molar-refractivity contribution >= 4 is 43.4 Å². The van der Waals surface area contributed by atoms with E-state index in [9.17, 15) is 13.2 Å². The zero-order valence-electron chi connectivity index (χ0n) is 19.2. The lowest BCUT2D eigenvalue weighted by molar-refractivity contribution is 0.207. The first-order chi connectivity index (χ1) is 16.9. The molecule has 4 aromatic rings. The van der Waals surface area contributed by atoms with Crippen molar-refractivity contribution < 1.29 is 13.2 Å². The van der Waals surface area contributed by atoms with Crippen molar-refractivity contribution in [1.29, 1.82) is 0 Å². The average molecular weight is 508 g/mol. The lowest BCUT2D eigenvalue weighted by Crippen LogP contribution is -2.44. The number of hydrogen-bond donors (Lipinski definition) is 1. The van der Waals surface area contributed by atoms with E-state index in [-0.39, 0.29) is 4.90 Å². The van der Waals surface area contributed by atoms with Crippen LogP contribution in [0.2, 0.25) is 0 Å². The van der Waals surface area contributed by atoms with Gasteiger partial charge in [-0.15, -0.1) is 11.3 Å². The summed E-state index contributed by atoms with van der Waals surface area (Å²) in [5.74, 6) is 0.838. The Kier molecular flexibility index (Phi) is 6.40. The van der Waals surface area contributed by atoms with Gasteiger partial charge in [0.1, 0.15) is 17.0 Å². The Hall–Kier alpha value is -3.50. The summed E-state index contributed by atoms with van der Waals surface area (Å²) in [7, 11) is -3.93. The third-order valence-electron chi connectivity index (χ3n) is 6.07. The summed E-state index contributed by atoms with van der Waals surface area (Å²) in [5.41, 5.74) is 3.14. The summed E-state index contributed by atoms with van der Waals surface area (Å²) >= 11 is 1.58. The van der Waals surface area contributed by atoms with E-state index < -0.39 is 16.1 Å². The summed E-state index contributed by atoms with van der Waals surface area (Å²) < 4.78 is 27.6. The van der Waals surface area contributed by atoms with Crippen LogP contribution >= 0.6 is 11.3 Å². The van der Waals surface area contributed by atoms with E-state index in [0.29, 0.717) is 32.6 Å². The normalized spacial score (nSPS) is 14.7. The van der Waals surface area contributed by atoms with Crippen LogP contribution in [-0.4, -0.2) is 55.5 Å². The minimum absolute atomic E-state index is 0.0715. The zero-order chi connectivity index (χ0) is 24.4. The fourth-order valence-corrected chi connectivity index (χ4v) is 6.10. The molecule has 0 bridgehead atoms. The van der Waals surface area contributed by atoms with E-state index in [4.69, 9.17) is 0 Å². The van der Waals surface area contributed by atoms with Gasteiger partial charge in [0.05, 0.1) is 10.3 Å². The van der Waals surface area contributed by atoms with Crippen molar-refractivity contribution in [2.45, 2.75) is 18.2 Å². The highest BCUT2D eigenvalue weighted by Gasteiger charge is 2.26. The number of thiophene rings is 1. The first kappa shape index (κ1) is 23.3. The van der Waals surface area contributed by atoms with Gasteiger partial charge in [0.15, 0.2) is 0 Å². The highest BCUT2D eigenvalue weighted by Crippen LogP contribution is 2.38. The maximum absolute atomic E-state index is 12.9. The van der Waals surface area contributed by atoms with Gasteiger partial charge in [0, 0.05) is 37.1 Å². The number of aryl methyl sites for hydroxylation is 1. The molecule has 5 rings (SSSR count). The average Bonchev–Trinajstić information content (AvgIpc) is 3.14. The van der Waals surface area contributed by atoms with Gasteiger partial charge in [-0.05, 0) is 31.0 Å². The minimum atomic E-state index is -3.93. The van der Waals surface area contributed by atoms with Gasteiger partial charge >= 0.3 is 6.03 Å². The Morgan fingerprint density at radius 1 is 0.971 bits per heavy atom. The molecule has 0 saturated carbocycles. The number of carbonyl (C=O) groups excluding carboxylic acids is 1. The third-order valence-corrected chi connectivity index (χ3v) is 8.29. The molecule has 1 N–H and O–H groups in total. The molecule has 1 aliphatic rings. The summed E-state index contributed by atoms with van der Waals surface area (Å²) in [6, 6.07) is 16.0. The molecule has 2 aromatic carbocycles. The fraction of sp³-hybridized carbons (Fsp3) is 0.240. The van der Waals surface area contributed by atoms with Crippen molar-refractivity contribution in [1.82, 2.24) is 19.6 Å². The van der Waals surface area contributed by atoms with Gasteiger partial charge < -0.3 is 9.80 Å². The first-order valence-corrected chi connectivity index (χ1v) is 13.7. The zero-order valence-corrected chi connectivity index (χ0v) is 20.8. The van der Waals surface area contributed by atoms with Crippen molar-refractivity contribution in [2.24, 2.45) is 0 Å². The Bertz CT molecular complexity index is 1450. The summed E-state index contributed by atoms with van der Waals surface area (Å²) in [6.07, 6.45) is 2.26. The first-order valence-electron chi connectivity index (χ1n) is 11.3. The number of nitrogens with one attached hydrogen (secondary N) is 1. The monoisotopic (exact) mass is 507 g/mol. The largest absolute Gasteiger partial charge is 0.354 e.